The normalized spacial score (nSPS) is 18.3. The number of rotatable bonds is 4. The lowest BCUT2D eigenvalue weighted by atomic mass is 9.81. The monoisotopic (exact) mass is 411 g/mol. The molecule has 5 amide bonds. The van der Waals surface area contributed by atoms with Crippen molar-refractivity contribution in [1.82, 2.24) is 25.6 Å². The van der Waals surface area contributed by atoms with Crippen LogP contribution >= 0.6 is 0 Å². The zero-order valence-corrected chi connectivity index (χ0v) is 16.9. The number of benzene rings is 1. The van der Waals surface area contributed by atoms with Crippen LogP contribution < -0.4 is 10.9 Å². The van der Waals surface area contributed by atoms with E-state index in [2.05, 4.69) is 15.8 Å². The fraction of sp³-hybridized carbons (Fsp3) is 0.429. The number of carbonyl (C=O) groups excluding carboxylic acids is 4. The molecule has 9 nitrogen and oxygen atoms in total. The second-order valence-corrected chi connectivity index (χ2v) is 7.96. The summed E-state index contributed by atoms with van der Waals surface area (Å²) in [6, 6.07) is 7.15. The lowest BCUT2D eigenvalue weighted by molar-refractivity contribution is -0.137. The molecular formula is C21H25N5O4. The lowest BCUT2D eigenvalue weighted by Gasteiger charge is -2.35. The van der Waals surface area contributed by atoms with Crippen molar-refractivity contribution in [3.8, 4) is 0 Å². The van der Waals surface area contributed by atoms with Gasteiger partial charge in [-0.05, 0) is 24.5 Å². The first-order chi connectivity index (χ1) is 14.4. The van der Waals surface area contributed by atoms with Gasteiger partial charge in [-0.2, -0.15) is 0 Å². The number of urea groups is 1. The maximum atomic E-state index is 12.9. The molecule has 2 aromatic rings. The first kappa shape index (κ1) is 19.9. The number of carbonyl (C=O) groups is 4. The Hall–Kier alpha value is -3.36. The quantitative estimate of drug-likeness (QED) is 0.522. The van der Waals surface area contributed by atoms with Gasteiger partial charge in [-0.15, -0.1) is 0 Å². The highest BCUT2D eigenvalue weighted by atomic mass is 16.2. The number of imide groups is 1. The van der Waals surface area contributed by atoms with Gasteiger partial charge in [-0.3, -0.25) is 30.1 Å². The van der Waals surface area contributed by atoms with Gasteiger partial charge in [-0.1, -0.05) is 37.5 Å². The molecule has 2 aliphatic rings. The van der Waals surface area contributed by atoms with Crippen LogP contribution in [0.15, 0.2) is 30.5 Å². The van der Waals surface area contributed by atoms with Crippen LogP contribution in [-0.4, -0.2) is 57.7 Å². The van der Waals surface area contributed by atoms with Gasteiger partial charge in [0.2, 0.25) is 5.91 Å². The number of aromatic amines is 1. The van der Waals surface area contributed by atoms with Gasteiger partial charge in [0.15, 0.2) is 0 Å². The van der Waals surface area contributed by atoms with Crippen molar-refractivity contribution in [1.29, 1.82) is 0 Å². The molecule has 0 atom stereocenters. The molecule has 2 heterocycles. The first-order valence-corrected chi connectivity index (χ1v) is 10.1. The smallest absolute Gasteiger partial charge is 0.327 e. The van der Waals surface area contributed by atoms with Crippen LogP contribution in [0.5, 0.6) is 0 Å². The molecule has 0 unspecified atom stereocenters. The zero-order chi connectivity index (χ0) is 21.3. The van der Waals surface area contributed by atoms with Gasteiger partial charge in [0.05, 0.1) is 6.42 Å². The van der Waals surface area contributed by atoms with Crippen LogP contribution in [0.3, 0.4) is 0 Å². The maximum absolute atomic E-state index is 12.9. The number of aromatic nitrogens is 1. The molecule has 1 spiro atoms. The molecule has 0 radical (unpaired) electrons. The van der Waals surface area contributed by atoms with E-state index in [4.69, 9.17) is 0 Å². The third-order valence-electron chi connectivity index (χ3n) is 6.15. The highest BCUT2D eigenvalue weighted by Crippen LogP contribution is 2.39. The van der Waals surface area contributed by atoms with Gasteiger partial charge in [0.1, 0.15) is 12.1 Å². The van der Waals surface area contributed by atoms with E-state index >= 15 is 0 Å². The Labute approximate surface area is 173 Å². The van der Waals surface area contributed by atoms with Crippen LogP contribution in [0, 0.1) is 0 Å². The van der Waals surface area contributed by atoms with Crippen LogP contribution in [0.2, 0.25) is 0 Å². The minimum atomic E-state index is -0.825. The summed E-state index contributed by atoms with van der Waals surface area (Å²) >= 11 is 0. The van der Waals surface area contributed by atoms with Crippen molar-refractivity contribution < 1.29 is 19.2 Å². The summed E-state index contributed by atoms with van der Waals surface area (Å²) in [6.45, 7) is -0.420. The number of nitrogens with one attached hydrogen (secondary N) is 3. The van der Waals surface area contributed by atoms with Gasteiger partial charge < -0.3 is 9.88 Å². The zero-order valence-electron chi connectivity index (χ0n) is 16.9. The summed E-state index contributed by atoms with van der Waals surface area (Å²) in [7, 11) is 1.62. The van der Waals surface area contributed by atoms with Gasteiger partial charge in [0.25, 0.3) is 11.8 Å². The van der Waals surface area contributed by atoms with Crippen molar-refractivity contribution in [2.75, 3.05) is 13.6 Å². The minimum Gasteiger partial charge on any atom is -0.361 e. The molecule has 2 fully saturated rings. The number of para-hydroxylation sites is 1. The number of H-pyrrole nitrogens is 1. The van der Waals surface area contributed by atoms with Crippen LogP contribution in [0.4, 0.5) is 4.79 Å². The predicted molar refractivity (Wildman–Crippen MR) is 109 cm³/mol. The highest BCUT2D eigenvalue weighted by Gasteiger charge is 2.55. The molecule has 9 heteroatoms. The fourth-order valence-corrected chi connectivity index (χ4v) is 4.49. The van der Waals surface area contributed by atoms with E-state index in [1.807, 2.05) is 24.3 Å². The summed E-state index contributed by atoms with van der Waals surface area (Å²) in [5, 5.41) is 0.938. The van der Waals surface area contributed by atoms with Crippen LogP contribution in [-0.2, 0) is 20.8 Å². The third-order valence-corrected chi connectivity index (χ3v) is 6.15. The molecule has 4 rings (SSSR count). The van der Waals surface area contributed by atoms with E-state index in [1.54, 1.807) is 13.2 Å². The van der Waals surface area contributed by atoms with Gasteiger partial charge in [0, 0.05) is 24.1 Å². The van der Waals surface area contributed by atoms with E-state index < -0.39 is 29.9 Å². The Morgan fingerprint density at radius 2 is 1.77 bits per heavy atom. The number of amides is 5. The molecule has 1 aromatic carbocycles. The Bertz CT molecular complexity index is 1010. The Morgan fingerprint density at radius 1 is 1.07 bits per heavy atom. The molecule has 1 aliphatic heterocycles. The Kier molecular flexibility index (Phi) is 5.19. The third kappa shape index (κ3) is 3.40. The van der Waals surface area contributed by atoms with E-state index in [0.29, 0.717) is 12.8 Å². The molecule has 1 saturated heterocycles. The Morgan fingerprint density at radius 3 is 2.53 bits per heavy atom. The molecular weight excluding hydrogens is 386 g/mol. The predicted octanol–water partition coefficient (Wildman–Crippen LogP) is 1.45. The lowest BCUT2D eigenvalue weighted by Crippen LogP contribution is -2.50. The molecule has 1 aliphatic carbocycles. The summed E-state index contributed by atoms with van der Waals surface area (Å²) < 4.78 is 0. The maximum Gasteiger partial charge on any atom is 0.327 e. The van der Waals surface area contributed by atoms with Crippen molar-refractivity contribution in [3.05, 3.63) is 36.0 Å². The van der Waals surface area contributed by atoms with Gasteiger partial charge >= 0.3 is 6.03 Å². The molecule has 1 saturated carbocycles. The van der Waals surface area contributed by atoms with Crippen molar-refractivity contribution in [2.45, 2.75) is 44.1 Å². The van der Waals surface area contributed by atoms with E-state index in [-0.39, 0.29) is 12.3 Å². The Balaban J connectivity index is 1.33. The number of hydrogen-bond acceptors (Lipinski definition) is 4. The van der Waals surface area contributed by atoms with E-state index in [9.17, 15) is 19.2 Å². The second-order valence-electron chi connectivity index (χ2n) is 7.96. The molecule has 1 aromatic heterocycles. The van der Waals surface area contributed by atoms with Crippen LogP contribution in [0.1, 0.15) is 37.7 Å². The van der Waals surface area contributed by atoms with E-state index in [0.717, 1.165) is 40.6 Å². The van der Waals surface area contributed by atoms with Crippen LogP contribution in [0.25, 0.3) is 10.9 Å². The van der Waals surface area contributed by atoms with Gasteiger partial charge in [-0.25, -0.2) is 4.79 Å². The fourth-order valence-electron chi connectivity index (χ4n) is 4.49. The summed E-state index contributed by atoms with van der Waals surface area (Å²) in [6.07, 6.45) is 5.88. The standard InChI is InChI=1S/C21H25N5O4/c1-25-20(30)26(19(29)21(25)9-5-2-6-10-21)13-18(28)24-23-17(27)11-14-12-22-16-8-4-3-7-15(14)16/h3-4,7-8,12,22H,2,5-6,9-11,13H2,1H3,(H,23,27)(H,24,28). The summed E-state index contributed by atoms with van der Waals surface area (Å²) in [5.74, 6) is -1.34. The molecule has 30 heavy (non-hydrogen) atoms. The molecule has 3 N–H and O–H groups in total. The summed E-state index contributed by atoms with van der Waals surface area (Å²) in [5.41, 5.74) is 5.57. The van der Waals surface area contributed by atoms with E-state index in [1.165, 1.54) is 4.90 Å². The van der Waals surface area contributed by atoms with Crippen molar-refractivity contribution >= 4 is 34.7 Å². The number of hydrogen-bond donors (Lipinski definition) is 3. The number of fused-ring (bicyclic) bond motifs is 1. The number of hydrazine groups is 1. The number of likely N-dealkylation sites (N-methyl/N-ethyl adjacent to an activating group) is 1. The molecule has 0 bridgehead atoms. The topological polar surface area (TPSA) is 115 Å². The SMILES string of the molecule is CN1C(=O)N(CC(=O)NNC(=O)Cc2c[nH]c3ccccc23)C(=O)C12CCCCC2. The largest absolute Gasteiger partial charge is 0.361 e. The summed E-state index contributed by atoms with van der Waals surface area (Å²) in [4.78, 5) is 55.5. The molecule has 158 valence electrons. The van der Waals surface area contributed by atoms with Crippen molar-refractivity contribution in [3.63, 3.8) is 0 Å². The average Bonchev–Trinajstić information content (AvgIpc) is 3.23. The highest BCUT2D eigenvalue weighted by molar-refractivity contribution is 6.09. The minimum absolute atomic E-state index is 0.0811. The number of nitrogens with zero attached hydrogens (tertiary/aromatic N) is 2. The first-order valence-electron chi connectivity index (χ1n) is 10.1. The second kappa shape index (κ2) is 7.81. The average molecular weight is 411 g/mol. The van der Waals surface area contributed by atoms with Crippen molar-refractivity contribution in [2.24, 2.45) is 0 Å².